The Morgan fingerprint density at radius 2 is 1.56 bits per heavy atom. The molecular formula is C23H27N3O. The summed E-state index contributed by atoms with van der Waals surface area (Å²) in [7, 11) is 4.13. The van der Waals surface area contributed by atoms with E-state index in [0.29, 0.717) is 6.04 Å². The third-order valence-electron chi connectivity index (χ3n) is 4.57. The van der Waals surface area contributed by atoms with Crippen molar-refractivity contribution in [1.29, 1.82) is 0 Å². The van der Waals surface area contributed by atoms with E-state index >= 15 is 0 Å². The number of nitrogens with zero attached hydrogens (tertiary/aromatic N) is 2. The summed E-state index contributed by atoms with van der Waals surface area (Å²) in [4.78, 5) is 16.7. The Balaban J connectivity index is 0.00000126. The molecular weight excluding hydrogens is 334 g/mol. The molecule has 27 heavy (non-hydrogen) atoms. The molecule has 0 radical (unpaired) electrons. The summed E-state index contributed by atoms with van der Waals surface area (Å²) in [5, 5.41) is 0. The van der Waals surface area contributed by atoms with Gasteiger partial charge in [-0.3, -0.25) is 4.79 Å². The molecule has 2 N–H and O–H groups in total. The van der Waals surface area contributed by atoms with Crippen LogP contribution in [0, 0.1) is 11.8 Å². The van der Waals surface area contributed by atoms with E-state index in [1.807, 2.05) is 53.4 Å². The van der Waals surface area contributed by atoms with Gasteiger partial charge in [0.05, 0.1) is 0 Å². The molecule has 1 aliphatic heterocycles. The van der Waals surface area contributed by atoms with Crippen molar-refractivity contribution in [2.24, 2.45) is 0 Å². The van der Waals surface area contributed by atoms with E-state index in [4.69, 9.17) is 5.73 Å². The van der Waals surface area contributed by atoms with Crippen LogP contribution in [0.2, 0.25) is 0 Å². The minimum Gasteiger partial charge on any atom is -0.399 e. The van der Waals surface area contributed by atoms with Crippen molar-refractivity contribution in [3.63, 3.8) is 0 Å². The molecule has 0 saturated carbocycles. The number of hydrogen-bond acceptors (Lipinski definition) is 3. The second kappa shape index (κ2) is 9.61. The maximum Gasteiger partial charge on any atom is 0.253 e. The van der Waals surface area contributed by atoms with Gasteiger partial charge in [-0.25, -0.2) is 0 Å². The number of benzene rings is 2. The molecule has 4 nitrogen and oxygen atoms in total. The molecule has 0 spiro atoms. The van der Waals surface area contributed by atoms with Gasteiger partial charge in [0.2, 0.25) is 0 Å². The van der Waals surface area contributed by atoms with Crippen LogP contribution in [0.25, 0.3) is 0 Å². The molecule has 2 aromatic rings. The molecule has 1 amide bonds. The minimum absolute atomic E-state index is 0.0994. The van der Waals surface area contributed by atoms with E-state index in [9.17, 15) is 4.79 Å². The number of likely N-dealkylation sites (N-methyl/N-ethyl adjacent to an activating group) is 1. The Kier molecular flexibility index (Phi) is 7.22. The zero-order chi connectivity index (χ0) is 19.8. The number of amides is 1. The molecule has 1 heterocycles. The lowest BCUT2D eigenvalue weighted by atomic mass is 10.1. The fraction of sp³-hybridized carbons (Fsp3) is 0.261. The van der Waals surface area contributed by atoms with Gasteiger partial charge in [0.25, 0.3) is 5.91 Å². The first-order chi connectivity index (χ1) is 13.0. The van der Waals surface area contributed by atoms with Crippen LogP contribution in [-0.4, -0.2) is 48.9 Å². The average Bonchev–Trinajstić information content (AvgIpc) is 3.20. The van der Waals surface area contributed by atoms with Crippen molar-refractivity contribution in [2.75, 3.05) is 32.9 Å². The van der Waals surface area contributed by atoms with Gasteiger partial charge in [0, 0.05) is 41.5 Å². The predicted molar refractivity (Wildman–Crippen MR) is 113 cm³/mol. The number of nitrogen functional groups attached to an aromatic ring is 1. The predicted octanol–water partition coefficient (Wildman–Crippen LogP) is 3.25. The van der Waals surface area contributed by atoms with Gasteiger partial charge >= 0.3 is 0 Å². The standard InChI is InChI=1S/C21H23N3O.C2H4/c1-23(2)20-13-14-24(15-20)21(25)18-9-5-16(6-10-18)3-4-17-7-11-19(22)12-8-17;1-2/h5-12,20H,13-15,22H2,1-2H3;1-2H2. The van der Waals surface area contributed by atoms with Gasteiger partial charge in [-0.1, -0.05) is 11.8 Å². The van der Waals surface area contributed by atoms with Gasteiger partial charge in [0.15, 0.2) is 0 Å². The summed E-state index contributed by atoms with van der Waals surface area (Å²) in [6, 6.07) is 15.4. The molecule has 140 valence electrons. The molecule has 0 aromatic heterocycles. The molecule has 0 bridgehead atoms. The largest absolute Gasteiger partial charge is 0.399 e. The third-order valence-corrected chi connectivity index (χ3v) is 4.57. The van der Waals surface area contributed by atoms with Crippen LogP contribution >= 0.6 is 0 Å². The second-order valence-corrected chi connectivity index (χ2v) is 6.61. The third kappa shape index (κ3) is 5.47. The highest BCUT2D eigenvalue weighted by Gasteiger charge is 2.27. The molecule has 1 unspecified atom stereocenters. The zero-order valence-corrected chi connectivity index (χ0v) is 16.1. The summed E-state index contributed by atoms with van der Waals surface area (Å²) in [6.07, 6.45) is 1.03. The van der Waals surface area contributed by atoms with E-state index < -0.39 is 0 Å². The molecule has 2 aromatic carbocycles. The van der Waals surface area contributed by atoms with E-state index in [-0.39, 0.29) is 5.91 Å². The zero-order valence-electron chi connectivity index (χ0n) is 16.1. The normalized spacial score (nSPS) is 15.5. The Labute approximate surface area is 162 Å². The number of carbonyl (C=O) groups is 1. The quantitative estimate of drug-likeness (QED) is 0.507. The maximum atomic E-state index is 12.6. The molecule has 3 rings (SSSR count). The first-order valence-electron chi connectivity index (χ1n) is 8.96. The lowest BCUT2D eigenvalue weighted by Gasteiger charge is -2.20. The van der Waals surface area contributed by atoms with E-state index in [2.05, 4.69) is 44.0 Å². The van der Waals surface area contributed by atoms with Crippen molar-refractivity contribution in [2.45, 2.75) is 12.5 Å². The van der Waals surface area contributed by atoms with Crippen LogP contribution in [0.4, 0.5) is 5.69 Å². The SMILES string of the molecule is C=C.CN(C)C1CCN(C(=O)c2ccc(C#Cc3ccc(N)cc3)cc2)C1. The fourth-order valence-corrected chi connectivity index (χ4v) is 2.94. The topological polar surface area (TPSA) is 49.6 Å². The van der Waals surface area contributed by atoms with Crippen molar-refractivity contribution < 1.29 is 4.79 Å². The maximum absolute atomic E-state index is 12.6. The highest BCUT2D eigenvalue weighted by atomic mass is 16.2. The second-order valence-electron chi connectivity index (χ2n) is 6.61. The van der Waals surface area contributed by atoms with Gasteiger partial charge in [-0.2, -0.15) is 0 Å². The lowest BCUT2D eigenvalue weighted by Crippen LogP contribution is -2.34. The number of anilines is 1. The van der Waals surface area contributed by atoms with Crippen molar-refractivity contribution >= 4 is 11.6 Å². The van der Waals surface area contributed by atoms with Crippen molar-refractivity contribution in [3.8, 4) is 11.8 Å². The van der Waals surface area contributed by atoms with E-state index in [1.165, 1.54) is 0 Å². The van der Waals surface area contributed by atoms with E-state index in [0.717, 1.165) is 41.9 Å². The monoisotopic (exact) mass is 361 g/mol. The summed E-state index contributed by atoms with van der Waals surface area (Å²) in [6.45, 7) is 7.62. The van der Waals surface area contributed by atoms with Gasteiger partial charge in [-0.15, -0.1) is 13.2 Å². The first kappa shape index (κ1) is 20.3. The first-order valence-corrected chi connectivity index (χ1v) is 8.96. The van der Waals surface area contributed by atoms with E-state index in [1.54, 1.807) is 0 Å². The number of rotatable bonds is 2. The van der Waals surface area contributed by atoms with Gasteiger partial charge in [-0.05, 0) is 69.0 Å². The van der Waals surface area contributed by atoms with Crippen LogP contribution in [0.5, 0.6) is 0 Å². The Bertz CT molecular complexity index is 813. The average molecular weight is 361 g/mol. The highest BCUT2D eigenvalue weighted by Crippen LogP contribution is 2.17. The molecule has 0 aliphatic carbocycles. The van der Waals surface area contributed by atoms with Crippen molar-refractivity contribution in [1.82, 2.24) is 9.80 Å². The lowest BCUT2D eigenvalue weighted by molar-refractivity contribution is 0.0783. The van der Waals surface area contributed by atoms with Gasteiger partial charge in [0.1, 0.15) is 0 Å². The molecule has 1 aliphatic rings. The Hall–Kier alpha value is -3.03. The smallest absolute Gasteiger partial charge is 0.253 e. The molecule has 4 heteroatoms. The van der Waals surface area contributed by atoms with Crippen LogP contribution in [0.1, 0.15) is 27.9 Å². The Morgan fingerprint density at radius 3 is 2.04 bits per heavy atom. The highest BCUT2D eigenvalue weighted by molar-refractivity contribution is 5.94. The van der Waals surface area contributed by atoms with Crippen molar-refractivity contribution in [3.05, 3.63) is 78.4 Å². The summed E-state index contributed by atoms with van der Waals surface area (Å²) in [5.41, 5.74) is 8.92. The summed E-state index contributed by atoms with van der Waals surface area (Å²) < 4.78 is 0. The molecule has 1 atom stereocenters. The van der Waals surface area contributed by atoms with Crippen LogP contribution in [0.15, 0.2) is 61.7 Å². The summed E-state index contributed by atoms with van der Waals surface area (Å²) >= 11 is 0. The number of hydrogen-bond donors (Lipinski definition) is 1. The van der Waals surface area contributed by atoms with Crippen LogP contribution < -0.4 is 5.73 Å². The fourth-order valence-electron chi connectivity index (χ4n) is 2.94. The Morgan fingerprint density at radius 1 is 1.04 bits per heavy atom. The summed E-state index contributed by atoms with van der Waals surface area (Å²) in [5.74, 6) is 6.32. The molecule has 1 fully saturated rings. The number of nitrogens with two attached hydrogens (primary N) is 1. The number of carbonyl (C=O) groups excluding carboxylic acids is 1. The van der Waals surface area contributed by atoms with Crippen LogP contribution in [0.3, 0.4) is 0 Å². The number of likely N-dealkylation sites (tertiary alicyclic amines) is 1. The van der Waals surface area contributed by atoms with Gasteiger partial charge < -0.3 is 15.5 Å². The molecule has 1 saturated heterocycles. The minimum atomic E-state index is 0.0994. The van der Waals surface area contributed by atoms with Crippen LogP contribution in [-0.2, 0) is 0 Å².